The van der Waals surface area contributed by atoms with Gasteiger partial charge in [-0.3, -0.25) is 9.59 Å². The Hall–Kier alpha value is -1.06. The minimum Gasteiger partial charge on any atom is -0.353 e. The Morgan fingerprint density at radius 3 is 1.13 bits per heavy atom. The van der Waals surface area contributed by atoms with Crippen LogP contribution in [0, 0.1) is 23.2 Å². The molecule has 0 bridgehead atoms. The molecular formula is C19H40N2O2. The van der Waals surface area contributed by atoms with Gasteiger partial charge in [0.05, 0.1) is 0 Å². The summed E-state index contributed by atoms with van der Waals surface area (Å²) in [5.41, 5.74) is 0.139. The summed E-state index contributed by atoms with van der Waals surface area (Å²) in [5.74, 6) is 1.63. The Morgan fingerprint density at radius 1 is 0.696 bits per heavy atom. The summed E-state index contributed by atoms with van der Waals surface area (Å²) in [6.07, 6.45) is 0. The molecule has 4 nitrogen and oxygen atoms in total. The highest BCUT2D eigenvalue weighted by Crippen LogP contribution is 2.24. The maximum atomic E-state index is 10.9. The average molecular weight is 329 g/mol. The summed E-state index contributed by atoms with van der Waals surface area (Å²) in [4.78, 5) is 21.6. The lowest BCUT2D eigenvalue weighted by atomic mass is 9.80. The van der Waals surface area contributed by atoms with Crippen molar-refractivity contribution in [1.29, 1.82) is 0 Å². The van der Waals surface area contributed by atoms with E-state index < -0.39 is 0 Å². The van der Waals surface area contributed by atoms with Crippen LogP contribution in [0.25, 0.3) is 0 Å². The molecule has 1 atom stereocenters. The van der Waals surface area contributed by atoms with Gasteiger partial charge >= 0.3 is 0 Å². The lowest BCUT2D eigenvalue weighted by Gasteiger charge is -2.34. The van der Waals surface area contributed by atoms with E-state index in [9.17, 15) is 9.59 Å². The van der Waals surface area contributed by atoms with Crippen molar-refractivity contribution >= 4 is 11.8 Å². The molecule has 0 heterocycles. The van der Waals surface area contributed by atoms with Gasteiger partial charge in [-0.1, -0.05) is 62.3 Å². The van der Waals surface area contributed by atoms with E-state index in [1.807, 2.05) is 0 Å². The van der Waals surface area contributed by atoms with Crippen LogP contribution in [0.2, 0.25) is 0 Å². The Balaban J connectivity index is 0. The minimum atomic E-state index is 0.0589. The predicted octanol–water partition coefficient (Wildman–Crippen LogP) is 4.00. The van der Waals surface area contributed by atoms with Crippen LogP contribution in [-0.2, 0) is 9.59 Å². The second-order valence-electron chi connectivity index (χ2n) is 8.50. The molecule has 0 aromatic heterocycles. The van der Waals surface area contributed by atoms with E-state index in [1.165, 1.54) is 0 Å². The SMILES string of the molecule is CC(=O)NC(C(C)C)C(C)C.CC(=O)N[C@H](C(C)C)C(C)(C)C. The van der Waals surface area contributed by atoms with Crippen molar-refractivity contribution in [2.75, 3.05) is 0 Å². The molecule has 0 spiro atoms. The second-order valence-corrected chi connectivity index (χ2v) is 8.50. The molecule has 0 fully saturated rings. The van der Waals surface area contributed by atoms with Crippen LogP contribution < -0.4 is 10.6 Å². The number of rotatable bonds is 5. The fourth-order valence-electron chi connectivity index (χ4n) is 2.94. The van der Waals surface area contributed by atoms with Gasteiger partial charge in [0, 0.05) is 25.9 Å². The van der Waals surface area contributed by atoms with Crippen LogP contribution in [0.1, 0.15) is 76.2 Å². The Bertz CT molecular complexity index is 347. The molecule has 4 heteroatoms. The maximum Gasteiger partial charge on any atom is 0.217 e. The zero-order chi connectivity index (χ0) is 19.0. The third-order valence-corrected chi connectivity index (χ3v) is 3.76. The molecule has 0 aliphatic carbocycles. The van der Waals surface area contributed by atoms with E-state index in [-0.39, 0.29) is 23.3 Å². The van der Waals surface area contributed by atoms with Crippen LogP contribution in [0.5, 0.6) is 0 Å². The van der Waals surface area contributed by atoms with Gasteiger partial charge in [-0.25, -0.2) is 0 Å². The standard InChI is InChI=1S/C10H21NO.C9H19NO/c1-7(2)9(10(4,5)6)11-8(3)12;1-6(2)9(7(3)4)10-8(5)11/h7,9H,1-6H3,(H,11,12);6-7,9H,1-5H3,(H,10,11)/t9-;/m1./s1. The van der Waals surface area contributed by atoms with Gasteiger partial charge in [0.25, 0.3) is 0 Å². The Morgan fingerprint density at radius 2 is 1.04 bits per heavy atom. The molecule has 23 heavy (non-hydrogen) atoms. The number of carbonyl (C=O) groups is 2. The molecule has 0 unspecified atom stereocenters. The van der Waals surface area contributed by atoms with Gasteiger partial charge in [0.1, 0.15) is 0 Å². The van der Waals surface area contributed by atoms with Crippen LogP contribution in [-0.4, -0.2) is 23.9 Å². The summed E-state index contributed by atoms with van der Waals surface area (Å²) >= 11 is 0. The topological polar surface area (TPSA) is 58.2 Å². The maximum absolute atomic E-state index is 10.9. The zero-order valence-electron chi connectivity index (χ0n) is 17.2. The minimum absolute atomic E-state index is 0.0589. The van der Waals surface area contributed by atoms with Gasteiger partial charge in [0.2, 0.25) is 11.8 Å². The zero-order valence-corrected chi connectivity index (χ0v) is 17.2. The highest BCUT2D eigenvalue weighted by molar-refractivity contribution is 5.73. The third kappa shape index (κ3) is 12.1. The number of carbonyl (C=O) groups excluding carboxylic acids is 2. The number of amides is 2. The fourth-order valence-corrected chi connectivity index (χ4v) is 2.94. The second kappa shape index (κ2) is 10.7. The molecule has 2 N–H and O–H groups in total. The molecular weight excluding hydrogens is 288 g/mol. The fraction of sp³-hybridized carbons (Fsp3) is 0.895. The van der Waals surface area contributed by atoms with Crippen molar-refractivity contribution in [3.05, 3.63) is 0 Å². The molecule has 0 aliphatic rings. The highest BCUT2D eigenvalue weighted by Gasteiger charge is 2.27. The van der Waals surface area contributed by atoms with Crippen molar-refractivity contribution < 1.29 is 9.59 Å². The molecule has 2 amide bonds. The molecule has 0 aromatic carbocycles. The average Bonchev–Trinajstić information content (AvgIpc) is 2.31. The molecule has 0 aliphatic heterocycles. The number of hydrogen-bond acceptors (Lipinski definition) is 2. The largest absolute Gasteiger partial charge is 0.353 e. The van der Waals surface area contributed by atoms with Gasteiger partial charge in [-0.15, -0.1) is 0 Å². The monoisotopic (exact) mass is 328 g/mol. The summed E-state index contributed by atoms with van der Waals surface area (Å²) in [5, 5.41) is 5.92. The van der Waals surface area contributed by atoms with Crippen LogP contribution in [0.15, 0.2) is 0 Å². The van der Waals surface area contributed by atoms with Crippen molar-refractivity contribution in [3.8, 4) is 0 Å². The van der Waals surface area contributed by atoms with Crippen LogP contribution in [0.4, 0.5) is 0 Å². The molecule has 0 radical (unpaired) electrons. The summed E-state index contributed by atoms with van der Waals surface area (Å²) in [6, 6.07) is 0.572. The Kier molecular flexibility index (Phi) is 11.2. The first kappa shape index (κ1) is 24.2. The number of nitrogens with one attached hydrogen (secondary N) is 2. The molecule has 0 rings (SSSR count). The van der Waals surface area contributed by atoms with E-state index >= 15 is 0 Å². The summed E-state index contributed by atoms with van der Waals surface area (Å²) < 4.78 is 0. The van der Waals surface area contributed by atoms with Gasteiger partial charge in [-0.2, -0.15) is 0 Å². The van der Waals surface area contributed by atoms with Gasteiger partial charge < -0.3 is 10.6 Å². The third-order valence-electron chi connectivity index (χ3n) is 3.76. The lowest BCUT2D eigenvalue weighted by molar-refractivity contribution is -0.121. The molecule has 0 saturated heterocycles. The molecule has 0 saturated carbocycles. The van der Waals surface area contributed by atoms with Crippen molar-refractivity contribution in [2.24, 2.45) is 23.2 Å². The number of hydrogen-bond donors (Lipinski definition) is 2. The Labute approximate surface area is 144 Å². The first-order chi connectivity index (χ1) is 10.2. The summed E-state index contributed by atoms with van der Waals surface area (Å²) in [6.45, 7) is 22.3. The van der Waals surface area contributed by atoms with Crippen molar-refractivity contribution in [2.45, 2.75) is 88.2 Å². The highest BCUT2D eigenvalue weighted by atomic mass is 16.2. The quantitative estimate of drug-likeness (QED) is 0.801. The normalized spacial score (nSPS) is 13.0. The first-order valence-electron chi connectivity index (χ1n) is 8.74. The van der Waals surface area contributed by atoms with E-state index in [0.29, 0.717) is 23.8 Å². The smallest absolute Gasteiger partial charge is 0.217 e. The van der Waals surface area contributed by atoms with Gasteiger partial charge in [0.15, 0.2) is 0 Å². The van der Waals surface area contributed by atoms with E-state index in [4.69, 9.17) is 0 Å². The van der Waals surface area contributed by atoms with E-state index in [0.717, 1.165) is 0 Å². The van der Waals surface area contributed by atoms with Crippen molar-refractivity contribution in [3.63, 3.8) is 0 Å². The van der Waals surface area contributed by atoms with Crippen molar-refractivity contribution in [1.82, 2.24) is 10.6 Å². The molecule has 0 aromatic rings. The molecule has 138 valence electrons. The van der Waals surface area contributed by atoms with E-state index in [1.54, 1.807) is 13.8 Å². The van der Waals surface area contributed by atoms with Crippen LogP contribution in [0.3, 0.4) is 0 Å². The van der Waals surface area contributed by atoms with Crippen LogP contribution >= 0.6 is 0 Å². The predicted molar refractivity (Wildman–Crippen MR) is 99.2 cm³/mol. The summed E-state index contributed by atoms with van der Waals surface area (Å²) in [7, 11) is 0. The lowest BCUT2D eigenvalue weighted by Crippen LogP contribution is -2.46. The van der Waals surface area contributed by atoms with E-state index in [2.05, 4.69) is 72.9 Å². The first-order valence-corrected chi connectivity index (χ1v) is 8.74. The van der Waals surface area contributed by atoms with Gasteiger partial charge in [-0.05, 0) is 23.2 Å².